The Balaban J connectivity index is 2.49. The summed E-state index contributed by atoms with van der Waals surface area (Å²) in [5.74, 6) is -1.18. The van der Waals surface area contributed by atoms with Crippen LogP contribution in [-0.2, 0) is 30.4 Å². The molecule has 1 saturated heterocycles. The Morgan fingerprint density at radius 3 is 2.33 bits per heavy atom. The molecule has 1 fully saturated rings. The maximum atomic E-state index is 11.6. The van der Waals surface area contributed by atoms with Gasteiger partial charge in [-0.1, -0.05) is 11.6 Å². The van der Waals surface area contributed by atoms with Gasteiger partial charge in [0, 0.05) is 18.9 Å². The number of aliphatic hydroxyl groups excluding tert-OH is 2. The molecule has 1 aromatic rings. The molecular weight excluding hydrogens is 396 g/mol. The SMILES string of the molecule is CS[C@H]1O[C@@H](c2cc(CO)c(Cl)cc2C)[C@H](OC(C)=O)[C@@H](O)[C@@H]1OC(C)=O. The van der Waals surface area contributed by atoms with E-state index < -0.39 is 41.8 Å². The van der Waals surface area contributed by atoms with Gasteiger partial charge in [0.1, 0.15) is 17.6 Å². The van der Waals surface area contributed by atoms with E-state index in [-0.39, 0.29) is 6.61 Å². The van der Waals surface area contributed by atoms with Gasteiger partial charge >= 0.3 is 11.9 Å². The molecule has 7 nitrogen and oxygen atoms in total. The smallest absolute Gasteiger partial charge is 0.303 e. The zero-order chi connectivity index (χ0) is 20.3. The van der Waals surface area contributed by atoms with E-state index in [0.29, 0.717) is 16.1 Å². The molecule has 0 amide bonds. The van der Waals surface area contributed by atoms with E-state index in [2.05, 4.69) is 0 Å². The highest BCUT2D eigenvalue weighted by atomic mass is 35.5. The van der Waals surface area contributed by atoms with E-state index in [1.54, 1.807) is 25.3 Å². The van der Waals surface area contributed by atoms with Gasteiger partial charge in [-0.15, -0.1) is 11.8 Å². The van der Waals surface area contributed by atoms with Crippen molar-refractivity contribution in [3.8, 4) is 0 Å². The minimum Gasteiger partial charge on any atom is -0.456 e. The molecule has 0 aromatic heterocycles. The van der Waals surface area contributed by atoms with Crippen LogP contribution in [0, 0.1) is 6.92 Å². The van der Waals surface area contributed by atoms with Crippen molar-refractivity contribution in [3.05, 3.63) is 33.8 Å². The van der Waals surface area contributed by atoms with Crippen molar-refractivity contribution in [3.63, 3.8) is 0 Å². The van der Waals surface area contributed by atoms with Crippen molar-refractivity contribution in [1.29, 1.82) is 0 Å². The van der Waals surface area contributed by atoms with Crippen LogP contribution in [0.15, 0.2) is 12.1 Å². The Hall–Kier alpha value is -1.32. The molecule has 1 aromatic carbocycles. The highest BCUT2D eigenvalue weighted by Gasteiger charge is 2.49. The lowest BCUT2D eigenvalue weighted by Crippen LogP contribution is -2.56. The van der Waals surface area contributed by atoms with E-state index in [0.717, 1.165) is 5.56 Å². The molecule has 5 atom stereocenters. The minimum atomic E-state index is -1.29. The topological polar surface area (TPSA) is 102 Å². The van der Waals surface area contributed by atoms with Gasteiger partial charge in [-0.3, -0.25) is 9.59 Å². The molecule has 27 heavy (non-hydrogen) atoms. The lowest BCUT2D eigenvalue weighted by Gasteiger charge is -2.43. The highest BCUT2D eigenvalue weighted by molar-refractivity contribution is 7.99. The minimum absolute atomic E-state index is 0.276. The first-order valence-electron chi connectivity index (χ1n) is 8.30. The van der Waals surface area contributed by atoms with Crippen molar-refractivity contribution < 1.29 is 34.0 Å². The Morgan fingerprint density at radius 1 is 1.22 bits per heavy atom. The van der Waals surface area contributed by atoms with Crippen LogP contribution >= 0.6 is 23.4 Å². The van der Waals surface area contributed by atoms with Crippen LogP contribution in [0.4, 0.5) is 0 Å². The number of ether oxygens (including phenoxy) is 3. The number of halogens is 1. The fraction of sp³-hybridized carbons (Fsp3) is 0.556. The number of benzene rings is 1. The molecule has 9 heteroatoms. The Labute approximate surface area is 166 Å². The van der Waals surface area contributed by atoms with Crippen LogP contribution in [0.1, 0.15) is 36.6 Å². The summed E-state index contributed by atoms with van der Waals surface area (Å²) in [6.07, 6.45) is -2.45. The lowest BCUT2D eigenvalue weighted by atomic mass is 9.90. The molecule has 0 saturated carbocycles. The standard InChI is InChI=1S/C18H23ClO7S/c1-8-5-13(19)11(7-20)6-12(8)15-16(24-9(2)21)14(23)17(25-10(3)22)18(26-15)27-4/h5-6,14-18,20,23H,7H2,1-4H3/t14-,15+,16-,17+,18-/m1/s1. The van der Waals surface area contributed by atoms with Crippen LogP contribution in [0.2, 0.25) is 5.02 Å². The van der Waals surface area contributed by atoms with Gasteiger partial charge < -0.3 is 24.4 Å². The number of carbonyl (C=O) groups is 2. The second kappa shape index (κ2) is 9.25. The molecular formula is C18H23ClO7S. The second-order valence-corrected chi connectivity index (χ2v) is 7.60. The number of aliphatic hydroxyl groups is 2. The van der Waals surface area contributed by atoms with Crippen molar-refractivity contribution in [1.82, 2.24) is 0 Å². The second-order valence-electron chi connectivity index (χ2n) is 6.26. The van der Waals surface area contributed by atoms with E-state index in [4.69, 9.17) is 25.8 Å². The summed E-state index contributed by atoms with van der Waals surface area (Å²) in [4.78, 5) is 23.0. The average Bonchev–Trinajstić information content (AvgIpc) is 2.58. The van der Waals surface area contributed by atoms with Gasteiger partial charge in [0.05, 0.1) is 6.61 Å². The molecule has 2 N–H and O–H groups in total. The molecule has 1 heterocycles. The number of aryl methyl sites for hydroxylation is 1. The first-order valence-corrected chi connectivity index (χ1v) is 9.96. The summed E-state index contributed by atoms with van der Waals surface area (Å²) in [6, 6.07) is 3.34. The van der Waals surface area contributed by atoms with E-state index >= 15 is 0 Å². The molecule has 0 spiro atoms. The summed E-state index contributed by atoms with van der Waals surface area (Å²) in [7, 11) is 0. The third kappa shape index (κ3) is 4.94. The first-order chi connectivity index (χ1) is 12.7. The zero-order valence-corrected chi connectivity index (χ0v) is 17.0. The van der Waals surface area contributed by atoms with Crippen LogP contribution in [0.3, 0.4) is 0 Å². The van der Waals surface area contributed by atoms with E-state index in [9.17, 15) is 19.8 Å². The van der Waals surface area contributed by atoms with Crippen molar-refractivity contribution in [2.75, 3.05) is 6.26 Å². The predicted molar refractivity (Wildman–Crippen MR) is 100 cm³/mol. The molecule has 0 bridgehead atoms. The quantitative estimate of drug-likeness (QED) is 0.701. The lowest BCUT2D eigenvalue weighted by molar-refractivity contribution is -0.224. The molecule has 1 aliphatic rings. The van der Waals surface area contributed by atoms with E-state index in [1.807, 2.05) is 0 Å². The Morgan fingerprint density at radius 2 is 1.81 bits per heavy atom. The third-order valence-corrected chi connectivity index (χ3v) is 5.46. The zero-order valence-electron chi connectivity index (χ0n) is 15.5. The summed E-state index contributed by atoms with van der Waals surface area (Å²) in [5, 5.41) is 20.7. The fourth-order valence-corrected chi connectivity index (χ4v) is 4.06. The largest absolute Gasteiger partial charge is 0.456 e. The number of hydrogen-bond acceptors (Lipinski definition) is 8. The summed E-state index contributed by atoms with van der Waals surface area (Å²) in [5.41, 5.74) is 1.18. The number of hydrogen-bond donors (Lipinski definition) is 2. The maximum Gasteiger partial charge on any atom is 0.303 e. The van der Waals surface area contributed by atoms with Crippen LogP contribution in [0.25, 0.3) is 0 Å². The van der Waals surface area contributed by atoms with Gasteiger partial charge in [-0.25, -0.2) is 0 Å². The normalized spacial score (nSPS) is 27.9. The van der Waals surface area contributed by atoms with Gasteiger partial charge in [-0.05, 0) is 42.0 Å². The van der Waals surface area contributed by atoms with Gasteiger partial charge in [0.25, 0.3) is 0 Å². The number of thioether (sulfide) groups is 1. The van der Waals surface area contributed by atoms with Gasteiger partial charge in [0.2, 0.25) is 0 Å². The number of carbonyl (C=O) groups excluding carboxylic acids is 2. The number of rotatable bonds is 5. The number of esters is 2. The summed E-state index contributed by atoms with van der Waals surface area (Å²) in [6.45, 7) is 3.98. The summed E-state index contributed by atoms with van der Waals surface area (Å²) < 4.78 is 16.6. The van der Waals surface area contributed by atoms with E-state index in [1.165, 1.54) is 25.6 Å². The highest BCUT2D eigenvalue weighted by Crippen LogP contribution is 2.40. The monoisotopic (exact) mass is 418 g/mol. The van der Waals surface area contributed by atoms with Crippen LogP contribution < -0.4 is 0 Å². The van der Waals surface area contributed by atoms with Gasteiger partial charge in [0.15, 0.2) is 12.2 Å². The molecule has 150 valence electrons. The first kappa shape index (κ1) is 22.0. The molecule has 2 rings (SSSR count). The third-order valence-electron chi connectivity index (χ3n) is 4.27. The Kier molecular flexibility index (Phi) is 7.53. The van der Waals surface area contributed by atoms with Crippen LogP contribution in [0.5, 0.6) is 0 Å². The average molecular weight is 419 g/mol. The fourth-order valence-electron chi connectivity index (χ4n) is 3.07. The predicted octanol–water partition coefficient (Wildman–Crippen LogP) is 2.13. The molecule has 0 unspecified atom stereocenters. The summed E-state index contributed by atoms with van der Waals surface area (Å²) >= 11 is 7.39. The van der Waals surface area contributed by atoms with Gasteiger partial charge in [-0.2, -0.15) is 0 Å². The van der Waals surface area contributed by atoms with Crippen molar-refractivity contribution in [2.24, 2.45) is 0 Å². The maximum absolute atomic E-state index is 11.6. The van der Waals surface area contributed by atoms with Crippen molar-refractivity contribution in [2.45, 2.75) is 57.2 Å². The van der Waals surface area contributed by atoms with Crippen molar-refractivity contribution >= 4 is 35.3 Å². The van der Waals surface area contributed by atoms with Crippen LogP contribution in [-0.4, -0.2) is 52.2 Å². The molecule has 0 radical (unpaired) electrons. The molecule has 1 aliphatic heterocycles. The molecule has 0 aliphatic carbocycles. The Bertz CT molecular complexity index is 711.